The molecule has 0 saturated carbocycles. The lowest BCUT2D eigenvalue weighted by Gasteiger charge is -2.12. The molecular formula is C19H17FN2O2S2. The molecule has 0 saturated heterocycles. The van der Waals surface area contributed by atoms with E-state index in [1.807, 2.05) is 35.7 Å². The number of benzene rings is 2. The summed E-state index contributed by atoms with van der Waals surface area (Å²) in [6.07, 6.45) is 0. The zero-order valence-electron chi connectivity index (χ0n) is 14.0. The molecule has 7 heteroatoms. The molecule has 0 aliphatic carbocycles. The first-order chi connectivity index (χ1) is 12.5. The molecule has 0 aliphatic rings. The molecule has 1 amide bonds. The van der Waals surface area contributed by atoms with Gasteiger partial charge < -0.3 is 5.32 Å². The average molecular weight is 388 g/mol. The molecule has 0 spiro atoms. The molecule has 26 heavy (non-hydrogen) atoms. The number of para-hydroxylation sites is 1. The van der Waals surface area contributed by atoms with Crippen LogP contribution in [0, 0.1) is 5.82 Å². The smallest absolute Gasteiger partial charge is 0.239 e. The van der Waals surface area contributed by atoms with Crippen molar-refractivity contribution in [3.05, 3.63) is 71.5 Å². The zero-order valence-corrected chi connectivity index (χ0v) is 15.6. The number of hydrogen-bond acceptors (Lipinski definition) is 4. The fourth-order valence-corrected chi connectivity index (χ4v) is 4.19. The van der Waals surface area contributed by atoms with Crippen LogP contribution in [0.1, 0.15) is 12.6 Å². The predicted octanol–water partition coefficient (Wildman–Crippen LogP) is 4.23. The minimum atomic E-state index is -1.46. The SMILES string of the molecule is C[C@@H](C(=O)Nc1ccccc1F)[S@](=O)Cc1csc(-c2ccccc2)n1. The van der Waals surface area contributed by atoms with Crippen molar-refractivity contribution in [3.8, 4) is 10.6 Å². The number of carbonyl (C=O) groups is 1. The highest BCUT2D eigenvalue weighted by atomic mass is 32.2. The molecule has 1 aromatic heterocycles. The summed E-state index contributed by atoms with van der Waals surface area (Å²) in [4.78, 5) is 16.7. The molecule has 3 aromatic rings. The Hall–Kier alpha value is -2.38. The van der Waals surface area contributed by atoms with E-state index in [0.29, 0.717) is 5.69 Å². The molecule has 134 valence electrons. The van der Waals surface area contributed by atoms with Gasteiger partial charge in [-0.15, -0.1) is 11.3 Å². The Labute approximate surface area is 157 Å². The topological polar surface area (TPSA) is 59.1 Å². The number of hydrogen-bond donors (Lipinski definition) is 1. The summed E-state index contributed by atoms with van der Waals surface area (Å²) in [7, 11) is -1.46. The Kier molecular flexibility index (Phi) is 5.90. The number of amides is 1. The van der Waals surface area contributed by atoms with Gasteiger partial charge in [0.25, 0.3) is 0 Å². The number of rotatable bonds is 6. The van der Waals surface area contributed by atoms with Gasteiger partial charge in [-0.25, -0.2) is 9.37 Å². The number of nitrogens with zero attached hydrogens (tertiary/aromatic N) is 1. The number of nitrogens with one attached hydrogen (secondary N) is 1. The second-order valence-corrected chi connectivity index (χ2v) is 8.26. The Morgan fingerprint density at radius 3 is 2.62 bits per heavy atom. The number of carbonyl (C=O) groups excluding carboxylic acids is 1. The third-order valence-corrected chi connectivity index (χ3v) is 6.28. The number of thiazole rings is 1. The summed E-state index contributed by atoms with van der Waals surface area (Å²) in [5.41, 5.74) is 1.76. The summed E-state index contributed by atoms with van der Waals surface area (Å²) < 4.78 is 26.1. The van der Waals surface area contributed by atoms with E-state index in [0.717, 1.165) is 10.6 Å². The van der Waals surface area contributed by atoms with E-state index in [2.05, 4.69) is 10.3 Å². The third kappa shape index (κ3) is 4.42. The minimum absolute atomic E-state index is 0.0846. The van der Waals surface area contributed by atoms with Crippen molar-refractivity contribution in [1.29, 1.82) is 0 Å². The zero-order chi connectivity index (χ0) is 18.5. The van der Waals surface area contributed by atoms with Crippen LogP contribution in [0.5, 0.6) is 0 Å². The van der Waals surface area contributed by atoms with Gasteiger partial charge >= 0.3 is 0 Å². The second kappa shape index (κ2) is 8.33. The average Bonchev–Trinajstić information content (AvgIpc) is 3.12. The van der Waals surface area contributed by atoms with Crippen molar-refractivity contribution < 1.29 is 13.4 Å². The first kappa shape index (κ1) is 18.4. The normalized spacial score (nSPS) is 13.2. The molecule has 1 N–H and O–H groups in total. The molecule has 0 radical (unpaired) electrons. The number of halogens is 1. The fraction of sp³-hybridized carbons (Fsp3) is 0.158. The lowest BCUT2D eigenvalue weighted by Crippen LogP contribution is -2.30. The van der Waals surface area contributed by atoms with Crippen LogP contribution < -0.4 is 5.32 Å². The monoisotopic (exact) mass is 388 g/mol. The summed E-state index contributed by atoms with van der Waals surface area (Å²) >= 11 is 1.47. The van der Waals surface area contributed by atoms with E-state index in [1.54, 1.807) is 19.1 Å². The molecule has 4 nitrogen and oxygen atoms in total. The number of anilines is 1. The van der Waals surface area contributed by atoms with Crippen LogP contribution >= 0.6 is 11.3 Å². The lowest BCUT2D eigenvalue weighted by molar-refractivity contribution is -0.115. The summed E-state index contributed by atoms with van der Waals surface area (Å²) in [5.74, 6) is -0.826. The van der Waals surface area contributed by atoms with E-state index >= 15 is 0 Å². The maximum Gasteiger partial charge on any atom is 0.239 e. The molecule has 0 fully saturated rings. The Bertz CT molecular complexity index is 928. The van der Waals surface area contributed by atoms with E-state index in [9.17, 15) is 13.4 Å². The van der Waals surface area contributed by atoms with Crippen LogP contribution in [0.15, 0.2) is 60.0 Å². The predicted molar refractivity (Wildman–Crippen MR) is 104 cm³/mol. The summed E-state index contributed by atoms with van der Waals surface area (Å²) in [6.45, 7) is 1.57. The maximum absolute atomic E-state index is 13.6. The maximum atomic E-state index is 13.6. The molecule has 0 aliphatic heterocycles. The second-order valence-electron chi connectivity index (χ2n) is 5.65. The highest BCUT2D eigenvalue weighted by Gasteiger charge is 2.22. The van der Waals surface area contributed by atoms with Crippen molar-refractivity contribution in [1.82, 2.24) is 4.98 Å². The van der Waals surface area contributed by atoms with Gasteiger partial charge in [-0.05, 0) is 19.1 Å². The highest BCUT2D eigenvalue weighted by Crippen LogP contribution is 2.24. The van der Waals surface area contributed by atoms with Crippen molar-refractivity contribution in [3.63, 3.8) is 0 Å². The van der Waals surface area contributed by atoms with Crippen LogP contribution in [0.25, 0.3) is 10.6 Å². The van der Waals surface area contributed by atoms with Crippen molar-refractivity contribution in [2.24, 2.45) is 0 Å². The molecule has 2 atom stereocenters. The molecule has 0 unspecified atom stereocenters. The highest BCUT2D eigenvalue weighted by molar-refractivity contribution is 7.85. The van der Waals surface area contributed by atoms with E-state index in [4.69, 9.17) is 0 Å². The van der Waals surface area contributed by atoms with E-state index < -0.39 is 27.8 Å². The third-order valence-electron chi connectivity index (χ3n) is 3.76. The molecule has 3 rings (SSSR count). The molecule has 1 heterocycles. The largest absolute Gasteiger partial charge is 0.323 e. The minimum Gasteiger partial charge on any atom is -0.323 e. The van der Waals surface area contributed by atoms with Gasteiger partial charge in [-0.3, -0.25) is 9.00 Å². The fourth-order valence-electron chi connectivity index (χ4n) is 2.27. The molecular weight excluding hydrogens is 371 g/mol. The standard InChI is InChI=1S/C19H17FN2O2S2/c1-13(18(23)22-17-10-6-5-9-16(17)20)26(24)12-15-11-25-19(21-15)14-7-3-2-4-8-14/h2-11,13H,12H2,1H3,(H,22,23)/t13-,26+/m0/s1. The Balaban J connectivity index is 1.63. The Morgan fingerprint density at radius 2 is 1.88 bits per heavy atom. The Morgan fingerprint density at radius 1 is 1.19 bits per heavy atom. The van der Waals surface area contributed by atoms with Gasteiger partial charge in [0.05, 0.1) is 17.1 Å². The summed E-state index contributed by atoms with van der Waals surface area (Å²) in [6, 6.07) is 15.6. The summed E-state index contributed by atoms with van der Waals surface area (Å²) in [5, 5.41) is 4.40. The van der Waals surface area contributed by atoms with Crippen LogP contribution in [0.3, 0.4) is 0 Å². The van der Waals surface area contributed by atoms with Gasteiger partial charge in [0, 0.05) is 21.7 Å². The number of aromatic nitrogens is 1. The lowest BCUT2D eigenvalue weighted by atomic mass is 10.2. The van der Waals surface area contributed by atoms with Crippen LogP contribution in [0.4, 0.5) is 10.1 Å². The van der Waals surface area contributed by atoms with Gasteiger partial charge in [-0.1, -0.05) is 42.5 Å². The van der Waals surface area contributed by atoms with Crippen molar-refractivity contribution in [2.75, 3.05) is 5.32 Å². The molecule has 0 bridgehead atoms. The first-order valence-corrected chi connectivity index (χ1v) is 10.2. The van der Waals surface area contributed by atoms with Gasteiger partial charge in [0.15, 0.2) is 0 Å². The van der Waals surface area contributed by atoms with Crippen molar-refractivity contribution in [2.45, 2.75) is 17.9 Å². The molecule has 2 aromatic carbocycles. The van der Waals surface area contributed by atoms with Crippen molar-refractivity contribution >= 4 is 33.7 Å². The van der Waals surface area contributed by atoms with E-state index in [-0.39, 0.29) is 11.4 Å². The first-order valence-electron chi connectivity index (χ1n) is 7.97. The van der Waals surface area contributed by atoms with Crippen LogP contribution in [0.2, 0.25) is 0 Å². The van der Waals surface area contributed by atoms with Gasteiger partial charge in [0.1, 0.15) is 16.1 Å². The van der Waals surface area contributed by atoms with E-state index in [1.165, 1.54) is 23.5 Å². The van der Waals surface area contributed by atoms with Gasteiger partial charge in [-0.2, -0.15) is 0 Å². The van der Waals surface area contributed by atoms with Crippen LogP contribution in [-0.4, -0.2) is 20.3 Å². The quantitative estimate of drug-likeness (QED) is 0.688. The van der Waals surface area contributed by atoms with Gasteiger partial charge in [0.2, 0.25) is 5.91 Å². The van der Waals surface area contributed by atoms with Crippen LogP contribution in [-0.2, 0) is 21.3 Å².